The molecule has 1 heterocycles. The van der Waals surface area contributed by atoms with E-state index in [2.05, 4.69) is 5.32 Å². The number of nitrogens with two attached hydrogens (primary N) is 1. The maximum atomic E-state index is 12.8. The molecule has 0 saturated carbocycles. The van der Waals surface area contributed by atoms with Crippen molar-refractivity contribution in [3.05, 3.63) is 28.8 Å². The first-order chi connectivity index (χ1) is 9.35. The van der Waals surface area contributed by atoms with Crippen LogP contribution in [0.15, 0.2) is 18.2 Å². The topological polar surface area (TPSA) is 47.3 Å². The maximum Gasteiger partial charge on any atom is 0.416 e. The summed E-state index contributed by atoms with van der Waals surface area (Å²) in [6.45, 7) is 1.40. The van der Waals surface area contributed by atoms with Crippen LogP contribution in [0.25, 0.3) is 0 Å². The normalized spacial score (nSPS) is 18.9. The molecule has 112 valence electrons. The Labute approximate surface area is 120 Å². The Hall–Kier alpha value is -0.980. The van der Waals surface area contributed by atoms with Gasteiger partial charge in [-0.2, -0.15) is 13.2 Å². The van der Waals surface area contributed by atoms with Crippen LogP contribution in [0, 0.1) is 0 Å². The Balaban J connectivity index is 2.26. The van der Waals surface area contributed by atoms with Crippen LogP contribution >= 0.6 is 11.6 Å². The molecule has 1 aromatic rings. The number of benzene rings is 1. The number of ether oxygens (including phenoxy) is 1. The van der Waals surface area contributed by atoms with Crippen molar-refractivity contribution < 1.29 is 17.9 Å². The molecule has 1 fully saturated rings. The van der Waals surface area contributed by atoms with Crippen molar-refractivity contribution in [2.45, 2.75) is 24.6 Å². The van der Waals surface area contributed by atoms with Crippen LogP contribution in [0.1, 0.15) is 18.4 Å². The van der Waals surface area contributed by atoms with Gasteiger partial charge in [0, 0.05) is 30.5 Å². The first-order valence-electron chi connectivity index (χ1n) is 6.28. The summed E-state index contributed by atoms with van der Waals surface area (Å²) in [6, 6.07) is 3.44. The van der Waals surface area contributed by atoms with Gasteiger partial charge in [0.15, 0.2) is 0 Å². The molecule has 1 aliphatic heterocycles. The lowest BCUT2D eigenvalue weighted by Gasteiger charge is -2.38. The highest BCUT2D eigenvalue weighted by molar-refractivity contribution is 6.30. The van der Waals surface area contributed by atoms with E-state index < -0.39 is 17.3 Å². The fraction of sp³-hybridized carbons (Fsp3) is 0.538. The van der Waals surface area contributed by atoms with E-state index in [1.807, 2.05) is 0 Å². The molecule has 1 saturated heterocycles. The van der Waals surface area contributed by atoms with Crippen LogP contribution in [-0.2, 0) is 10.9 Å². The van der Waals surface area contributed by atoms with Crippen molar-refractivity contribution in [2.75, 3.05) is 25.1 Å². The van der Waals surface area contributed by atoms with Crippen molar-refractivity contribution >= 4 is 17.3 Å². The molecule has 3 N–H and O–H groups in total. The van der Waals surface area contributed by atoms with Crippen LogP contribution in [0.3, 0.4) is 0 Å². The molecule has 2 rings (SSSR count). The monoisotopic (exact) mass is 308 g/mol. The third kappa shape index (κ3) is 3.56. The standard InChI is InChI=1S/C13H16ClF3N2O/c14-10-5-9(13(15,16)17)6-11(7-10)19-12(8-18)1-3-20-4-2-12/h5-7,19H,1-4,8,18H2. The third-order valence-electron chi connectivity index (χ3n) is 3.48. The number of anilines is 1. The second-order valence-corrected chi connectivity index (χ2v) is 5.38. The summed E-state index contributed by atoms with van der Waals surface area (Å²) in [4.78, 5) is 0. The molecule has 0 bridgehead atoms. The second-order valence-electron chi connectivity index (χ2n) is 4.95. The first-order valence-corrected chi connectivity index (χ1v) is 6.66. The predicted octanol–water partition coefficient (Wildman–Crippen LogP) is 3.28. The molecule has 0 atom stereocenters. The summed E-state index contributed by atoms with van der Waals surface area (Å²) in [5.41, 5.74) is 4.90. The summed E-state index contributed by atoms with van der Waals surface area (Å²) in [5, 5.41) is 3.15. The van der Waals surface area contributed by atoms with Gasteiger partial charge in [0.05, 0.1) is 11.1 Å². The Kier molecular flexibility index (Phi) is 4.46. The van der Waals surface area contributed by atoms with Crippen LogP contribution in [0.4, 0.5) is 18.9 Å². The number of hydrogen-bond acceptors (Lipinski definition) is 3. The quantitative estimate of drug-likeness (QED) is 0.901. The van der Waals surface area contributed by atoms with Crippen LogP contribution < -0.4 is 11.1 Å². The highest BCUT2D eigenvalue weighted by atomic mass is 35.5. The lowest BCUT2D eigenvalue weighted by atomic mass is 9.89. The average Bonchev–Trinajstić information content (AvgIpc) is 2.38. The van der Waals surface area contributed by atoms with Gasteiger partial charge in [0.25, 0.3) is 0 Å². The summed E-state index contributed by atoms with van der Waals surface area (Å²) >= 11 is 5.77. The van der Waals surface area contributed by atoms with E-state index in [1.165, 1.54) is 6.07 Å². The minimum Gasteiger partial charge on any atom is -0.381 e. The minimum absolute atomic E-state index is 0.0431. The van der Waals surface area contributed by atoms with Crippen molar-refractivity contribution in [2.24, 2.45) is 5.73 Å². The van der Waals surface area contributed by atoms with Gasteiger partial charge in [-0.05, 0) is 31.0 Å². The zero-order valence-corrected chi connectivity index (χ0v) is 11.5. The van der Waals surface area contributed by atoms with Crippen molar-refractivity contribution in [1.29, 1.82) is 0 Å². The van der Waals surface area contributed by atoms with E-state index in [1.54, 1.807) is 0 Å². The number of halogens is 4. The molecule has 20 heavy (non-hydrogen) atoms. The molecular weight excluding hydrogens is 293 g/mol. The number of nitrogens with one attached hydrogen (secondary N) is 1. The highest BCUT2D eigenvalue weighted by Crippen LogP contribution is 2.35. The van der Waals surface area contributed by atoms with Gasteiger partial charge in [-0.3, -0.25) is 0 Å². The van der Waals surface area contributed by atoms with Gasteiger partial charge >= 0.3 is 6.18 Å². The highest BCUT2D eigenvalue weighted by Gasteiger charge is 2.34. The van der Waals surface area contributed by atoms with Crippen LogP contribution in [0.5, 0.6) is 0 Å². The van der Waals surface area contributed by atoms with E-state index in [9.17, 15) is 13.2 Å². The molecule has 0 radical (unpaired) electrons. The Bertz CT molecular complexity index is 473. The number of alkyl halides is 3. The third-order valence-corrected chi connectivity index (χ3v) is 3.69. The molecule has 0 amide bonds. The van der Waals surface area contributed by atoms with E-state index in [0.29, 0.717) is 38.3 Å². The molecule has 1 aromatic carbocycles. The zero-order valence-electron chi connectivity index (χ0n) is 10.8. The van der Waals surface area contributed by atoms with Gasteiger partial charge in [-0.25, -0.2) is 0 Å². The summed E-state index contributed by atoms with van der Waals surface area (Å²) in [6.07, 6.45) is -3.12. The fourth-order valence-corrected chi connectivity index (χ4v) is 2.51. The summed E-state index contributed by atoms with van der Waals surface area (Å²) in [5.74, 6) is 0. The first kappa shape index (κ1) is 15.4. The molecule has 0 spiro atoms. The molecular formula is C13H16ClF3N2O. The van der Waals surface area contributed by atoms with E-state index in [0.717, 1.165) is 12.1 Å². The van der Waals surface area contributed by atoms with E-state index in [4.69, 9.17) is 22.1 Å². The predicted molar refractivity (Wildman–Crippen MR) is 71.9 cm³/mol. The van der Waals surface area contributed by atoms with Crippen molar-refractivity contribution in [3.8, 4) is 0 Å². The second kappa shape index (κ2) is 5.79. The van der Waals surface area contributed by atoms with Crippen molar-refractivity contribution in [3.63, 3.8) is 0 Å². The summed E-state index contributed by atoms with van der Waals surface area (Å²) in [7, 11) is 0. The van der Waals surface area contributed by atoms with Crippen molar-refractivity contribution in [1.82, 2.24) is 0 Å². The van der Waals surface area contributed by atoms with Crippen LogP contribution in [0.2, 0.25) is 5.02 Å². The van der Waals surface area contributed by atoms with Gasteiger partial charge in [0.2, 0.25) is 0 Å². The Morgan fingerprint density at radius 1 is 1.25 bits per heavy atom. The molecule has 3 nitrogen and oxygen atoms in total. The van der Waals surface area contributed by atoms with Gasteiger partial charge in [-0.15, -0.1) is 0 Å². The SMILES string of the molecule is NCC1(Nc2cc(Cl)cc(C(F)(F)F)c2)CCOCC1. The van der Waals surface area contributed by atoms with Gasteiger partial charge < -0.3 is 15.8 Å². The van der Waals surface area contributed by atoms with Gasteiger partial charge in [0.1, 0.15) is 0 Å². The lowest BCUT2D eigenvalue weighted by molar-refractivity contribution is -0.137. The van der Waals surface area contributed by atoms with E-state index >= 15 is 0 Å². The number of hydrogen-bond donors (Lipinski definition) is 2. The van der Waals surface area contributed by atoms with Crippen LogP contribution in [-0.4, -0.2) is 25.3 Å². The minimum atomic E-state index is -4.42. The molecule has 0 aliphatic carbocycles. The smallest absolute Gasteiger partial charge is 0.381 e. The van der Waals surface area contributed by atoms with E-state index in [-0.39, 0.29) is 5.02 Å². The largest absolute Gasteiger partial charge is 0.416 e. The Morgan fingerprint density at radius 2 is 1.90 bits per heavy atom. The molecule has 0 aromatic heterocycles. The maximum absolute atomic E-state index is 12.8. The lowest BCUT2D eigenvalue weighted by Crippen LogP contribution is -2.49. The fourth-order valence-electron chi connectivity index (χ4n) is 2.27. The average molecular weight is 309 g/mol. The molecule has 7 heteroatoms. The zero-order chi connectivity index (χ0) is 14.8. The van der Waals surface area contributed by atoms with Gasteiger partial charge in [-0.1, -0.05) is 11.6 Å². The molecule has 1 aliphatic rings. The number of rotatable bonds is 3. The Morgan fingerprint density at radius 3 is 2.45 bits per heavy atom. The molecule has 0 unspecified atom stereocenters. The summed E-state index contributed by atoms with van der Waals surface area (Å²) < 4.78 is 43.6.